The molecular weight excluding hydrogens is 719 g/mol. The van der Waals surface area contributed by atoms with Gasteiger partial charge in [0.05, 0.1) is 49.7 Å². The van der Waals surface area contributed by atoms with Crippen LogP contribution in [0.5, 0.6) is 0 Å². The molecule has 1 spiro atoms. The van der Waals surface area contributed by atoms with Crippen molar-refractivity contribution < 1.29 is 23.9 Å². The van der Waals surface area contributed by atoms with Gasteiger partial charge in [-0.05, 0) is 74.9 Å². The predicted octanol–water partition coefficient (Wildman–Crippen LogP) is 5.34. The summed E-state index contributed by atoms with van der Waals surface area (Å²) in [6.07, 6.45) is 4.92. The molecule has 5 atom stereocenters. The van der Waals surface area contributed by atoms with Gasteiger partial charge in [0.1, 0.15) is 6.04 Å². The summed E-state index contributed by atoms with van der Waals surface area (Å²) in [5.74, 6) is -0.422. The molecule has 5 aliphatic rings. The maximum absolute atomic E-state index is 14.7. The number of hydrogen-bond acceptors (Lipinski definition) is 9. The molecule has 3 saturated heterocycles. The van der Waals surface area contributed by atoms with E-state index in [1.807, 2.05) is 24.1 Å². The molecule has 3 aromatic heterocycles. The summed E-state index contributed by atoms with van der Waals surface area (Å²) < 4.78 is 14.3. The van der Waals surface area contributed by atoms with Gasteiger partial charge < -0.3 is 24.3 Å². The third-order valence-electron chi connectivity index (χ3n) is 12.2. The molecule has 2 radical (unpaired) electrons. The molecule has 4 fully saturated rings. The number of pyridine rings is 1. The van der Waals surface area contributed by atoms with Crippen LogP contribution >= 0.6 is 11.3 Å². The van der Waals surface area contributed by atoms with Crippen LogP contribution in [0.2, 0.25) is 5.54 Å². The Kier molecular flexibility index (Phi) is 8.56. The number of carbonyl (C=O) groups excluding carboxylic acids is 3. The number of likely N-dealkylation sites (tertiary alicyclic amines) is 1. The Bertz CT molecular complexity index is 2180. The third kappa shape index (κ3) is 5.54. The summed E-state index contributed by atoms with van der Waals surface area (Å²) in [5, 5.41) is 8.45. The molecule has 1 saturated carbocycles. The number of nitrogens with zero attached hydrogens (tertiary/aromatic N) is 5. The molecular formula is C40H47N7O5SSi. The Morgan fingerprint density at radius 1 is 1.19 bits per heavy atom. The number of carbonyl (C=O) groups is 3. The van der Waals surface area contributed by atoms with Crippen molar-refractivity contribution in [2.45, 2.75) is 89.2 Å². The summed E-state index contributed by atoms with van der Waals surface area (Å²) in [6, 6.07) is 9.94. The third-order valence-corrected chi connectivity index (χ3v) is 15.3. The molecule has 54 heavy (non-hydrogen) atoms. The number of hydrazine groups is 1. The second-order valence-electron chi connectivity index (χ2n) is 16.3. The van der Waals surface area contributed by atoms with Crippen molar-refractivity contribution in [1.82, 2.24) is 35.2 Å². The monoisotopic (exact) mass is 765 g/mol. The van der Waals surface area contributed by atoms with Crippen LogP contribution in [0.25, 0.3) is 33.4 Å². The minimum atomic E-state index is -0.807. The summed E-state index contributed by atoms with van der Waals surface area (Å²) in [6.45, 7) is 11.4. The maximum Gasteiger partial charge on any atom is 0.324 e. The molecule has 2 N–H and O–H groups in total. The predicted molar refractivity (Wildman–Crippen MR) is 207 cm³/mol. The van der Waals surface area contributed by atoms with Crippen LogP contribution in [0.15, 0.2) is 41.9 Å². The van der Waals surface area contributed by atoms with E-state index >= 15 is 0 Å². The Balaban J connectivity index is 1.16. The van der Waals surface area contributed by atoms with Crippen molar-refractivity contribution in [1.29, 1.82) is 0 Å². The SMILES string of the molecule is CCn1c(-c2cccnc2[C@H](C)OC)c2c3cc(ccc31)-c1csc(n1)C[C@]1(C(=O)N3CCC[C@H](N3)C(=O)OCC(C)(C)C2)[C@H]2[Si]C21NC(=O)N1CCC1. The van der Waals surface area contributed by atoms with Crippen LogP contribution in [-0.4, -0.2) is 96.4 Å². The fourth-order valence-corrected chi connectivity index (χ4v) is 11.9. The van der Waals surface area contributed by atoms with Crippen molar-refractivity contribution in [3.8, 4) is 22.5 Å². The summed E-state index contributed by atoms with van der Waals surface area (Å²) >= 11 is 1.57. The average Bonchev–Trinajstić information content (AvgIpc) is 3.84. The Morgan fingerprint density at radius 3 is 2.76 bits per heavy atom. The van der Waals surface area contributed by atoms with Crippen molar-refractivity contribution >= 4 is 49.7 Å². The van der Waals surface area contributed by atoms with E-state index in [1.165, 1.54) is 0 Å². The lowest BCUT2D eigenvalue weighted by atomic mass is 9.84. The summed E-state index contributed by atoms with van der Waals surface area (Å²) in [4.78, 5) is 53.5. The summed E-state index contributed by atoms with van der Waals surface area (Å²) in [5.41, 5.74) is 9.20. The topological polar surface area (TPSA) is 131 Å². The minimum absolute atomic E-state index is 0.0555. The van der Waals surface area contributed by atoms with Crippen molar-refractivity contribution in [3.63, 3.8) is 0 Å². The first-order valence-electron chi connectivity index (χ1n) is 19.2. The number of ether oxygens (including phenoxy) is 2. The number of urea groups is 1. The molecule has 7 heterocycles. The number of aryl methyl sites for hydroxylation is 1. The first-order valence-corrected chi connectivity index (χ1v) is 21.1. The van der Waals surface area contributed by atoms with Crippen LogP contribution in [0.4, 0.5) is 4.79 Å². The lowest BCUT2D eigenvalue weighted by molar-refractivity contribution is -0.156. The number of thiazole rings is 1. The Labute approximate surface area is 321 Å². The number of nitrogens with one attached hydrogen (secondary N) is 2. The molecule has 1 aromatic carbocycles. The van der Waals surface area contributed by atoms with Crippen molar-refractivity contribution in [3.05, 3.63) is 58.2 Å². The highest BCUT2D eigenvalue weighted by molar-refractivity contribution is 7.10. The van der Waals surface area contributed by atoms with Gasteiger partial charge in [-0.15, -0.1) is 11.3 Å². The minimum Gasteiger partial charge on any atom is -0.464 e. The highest BCUT2D eigenvalue weighted by atomic mass is 32.1. The van der Waals surface area contributed by atoms with E-state index in [-0.39, 0.29) is 36.2 Å². The molecule has 1 unspecified atom stereocenters. The average molecular weight is 766 g/mol. The number of aromatic nitrogens is 3. The number of esters is 1. The van der Waals surface area contributed by atoms with Gasteiger partial charge in [0.25, 0.3) is 0 Å². The summed E-state index contributed by atoms with van der Waals surface area (Å²) in [7, 11) is 2.18. The second kappa shape index (κ2) is 13.0. The number of cyclic esters (lactones) is 1. The van der Waals surface area contributed by atoms with Crippen LogP contribution in [0.3, 0.4) is 0 Å². The Morgan fingerprint density at radius 2 is 2.02 bits per heavy atom. The number of amides is 3. The fourth-order valence-electron chi connectivity index (χ4n) is 8.95. The van der Waals surface area contributed by atoms with Gasteiger partial charge in [0, 0.05) is 83.9 Å². The molecule has 9 rings (SSSR count). The number of hydrogen-bond donors (Lipinski definition) is 2. The first-order chi connectivity index (χ1) is 26.0. The van der Waals surface area contributed by atoms with Gasteiger partial charge in [-0.3, -0.25) is 19.6 Å². The highest BCUT2D eigenvalue weighted by Gasteiger charge is 2.93. The van der Waals surface area contributed by atoms with Gasteiger partial charge in [0.15, 0.2) is 0 Å². The quantitative estimate of drug-likeness (QED) is 0.206. The van der Waals surface area contributed by atoms with Crippen LogP contribution < -0.4 is 10.7 Å². The van der Waals surface area contributed by atoms with E-state index in [0.717, 1.165) is 75.7 Å². The molecule has 12 nitrogen and oxygen atoms in total. The molecule has 1 aliphatic carbocycles. The van der Waals surface area contributed by atoms with Crippen LogP contribution in [0, 0.1) is 10.8 Å². The Hall–Kier alpha value is -4.11. The van der Waals surface area contributed by atoms with E-state index in [4.69, 9.17) is 19.4 Å². The van der Waals surface area contributed by atoms with Gasteiger partial charge in [-0.1, -0.05) is 19.9 Å². The van der Waals surface area contributed by atoms with E-state index in [1.54, 1.807) is 23.5 Å². The zero-order valence-corrected chi connectivity index (χ0v) is 33.3. The largest absolute Gasteiger partial charge is 0.464 e. The number of benzene rings is 1. The lowest BCUT2D eigenvalue weighted by Crippen LogP contribution is -2.61. The zero-order valence-electron chi connectivity index (χ0n) is 31.5. The van der Waals surface area contributed by atoms with Crippen molar-refractivity contribution in [2.24, 2.45) is 10.8 Å². The molecule has 3 amide bonds. The van der Waals surface area contributed by atoms with Gasteiger partial charge in [-0.25, -0.2) is 15.2 Å². The van der Waals surface area contributed by atoms with E-state index in [2.05, 4.69) is 65.7 Å². The molecule has 14 heteroatoms. The number of methoxy groups -OCH3 is 1. The maximum atomic E-state index is 14.7. The van der Waals surface area contributed by atoms with Crippen molar-refractivity contribution in [2.75, 3.05) is 33.4 Å². The zero-order chi connectivity index (χ0) is 37.6. The smallest absolute Gasteiger partial charge is 0.324 e. The number of fused-ring (bicyclic) bond motifs is 9. The highest BCUT2D eigenvalue weighted by Crippen LogP contribution is 2.81. The van der Waals surface area contributed by atoms with Gasteiger partial charge in [-0.2, -0.15) is 0 Å². The fraction of sp³-hybridized carbons (Fsp3) is 0.525. The molecule has 4 aromatic rings. The molecule has 6 bridgehead atoms. The lowest BCUT2D eigenvalue weighted by Gasteiger charge is -2.38. The first kappa shape index (κ1) is 35.6. The van der Waals surface area contributed by atoms with E-state index in [0.29, 0.717) is 41.7 Å². The van der Waals surface area contributed by atoms with E-state index < -0.39 is 22.0 Å². The second-order valence-corrected chi connectivity index (χ2v) is 18.9. The van der Waals surface area contributed by atoms with E-state index in [9.17, 15) is 14.4 Å². The molecule has 4 aliphatic heterocycles. The standard InChI is InChI=1S/C40H47N7O5SSi/c1-6-46-30-13-12-24-18-26(30)27(33(46)25-10-7-14-41-32(25)23(2)51-5)19-38(3,4)22-52-34(48)28-11-8-17-47(44-28)36(49)39(20-31-42-29(24)21-53-31)35-40(39,54-35)43-37(50)45-15-9-16-45/h7,10,12-14,18,21,23,28,35,44H,6,8-9,11,15-17,19-20,22H2,1-5H3,(H,43,50)/t23-,28-,35+,39+,40?/m0/s1. The van der Waals surface area contributed by atoms with Gasteiger partial charge in [0.2, 0.25) is 5.91 Å². The van der Waals surface area contributed by atoms with Gasteiger partial charge >= 0.3 is 12.0 Å². The molecule has 282 valence electrons. The normalized spacial score (nSPS) is 27.9. The van der Waals surface area contributed by atoms with Crippen LogP contribution in [-0.2, 0) is 38.4 Å². The number of rotatable bonds is 5. The van der Waals surface area contributed by atoms with Crippen LogP contribution in [0.1, 0.15) is 69.3 Å².